The lowest BCUT2D eigenvalue weighted by Crippen LogP contribution is -2.27. The second-order valence-corrected chi connectivity index (χ2v) is 8.72. The Balaban J connectivity index is 1.23. The molecule has 1 saturated carbocycles. The Morgan fingerprint density at radius 3 is 2.77 bits per heavy atom. The molecule has 2 atom stereocenters. The van der Waals surface area contributed by atoms with Crippen LogP contribution < -0.4 is 15.4 Å². The third-order valence-corrected chi connectivity index (χ3v) is 6.57. The van der Waals surface area contributed by atoms with Gasteiger partial charge in [0.15, 0.2) is 0 Å². The molecule has 4 aromatic rings. The molecule has 160 valence electrons. The molecule has 1 aliphatic carbocycles. The van der Waals surface area contributed by atoms with Crippen molar-refractivity contribution in [3.05, 3.63) is 65.9 Å². The molecule has 5 rings (SSSR count). The van der Waals surface area contributed by atoms with E-state index in [2.05, 4.69) is 71.8 Å². The van der Waals surface area contributed by atoms with Crippen LogP contribution in [0.1, 0.15) is 30.4 Å². The third-order valence-electron chi connectivity index (χ3n) is 6.57. The highest BCUT2D eigenvalue weighted by molar-refractivity contribution is 5.85. The summed E-state index contributed by atoms with van der Waals surface area (Å²) in [6.45, 7) is 3.05. The summed E-state index contributed by atoms with van der Waals surface area (Å²) in [6.07, 6.45) is 5.71. The smallest absolute Gasteiger partial charge is 0.127 e. The fourth-order valence-corrected chi connectivity index (χ4v) is 4.90. The Hall–Kier alpha value is -3.05. The van der Waals surface area contributed by atoms with Gasteiger partial charge in [-0.05, 0) is 67.6 Å². The topological polar surface area (TPSA) is 51.1 Å². The fraction of sp³-hybridized carbons (Fsp3) is 0.346. The zero-order chi connectivity index (χ0) is 21.4. The van der Waals surface area contributed by atoms with Crippen molar-refractivity contribution in [1.82, 2.24) is 14.9 Å². The average Bonchev–Trinajstić information content (AvgIpc) is 3.36. The van der Waals surface area contributed by atoms with Crippen LogP contribution in [0, 0.1) is 6.92 Å². The number of hydrogen-bond donors (Lipinski definition) is 2. The summed E-state index contributed by atoms with van der Waals surface area (Å²) < 4.78 is 7.57. The molecule has 0 spiro atoms. The van der Waals surface area contributed by atoms with E-state index in [1.807, 2.05) is 12.1 Å². The van der Waals surface area contributed by atoms with Gasteiger partial charge in [-0.15, -0.1) is 0 Å². The first-order chi connectivity index (χ1) is 15.1. The van der Waals surface area contributed by atoms with Crippen LogP contribution in [-0.4, -0.2) is 28.7 Å². The number of ether oxygens (including phenoxy) is 1. The van der Waals surface area contributed by atoms with Crippen LogP contribution in [0.4, 0.5) is 5.82 Å². The van der Waals surface area contributed by atoms with Crippen LogP contribution in [0.15, 0.2) is 54.7 Å². The van der Waals surface area contributed by atoms with Gasteiger partial charge >= 0.3 is 0 Å². The Bertz CT molecular complexity index is 1230. The van der Waals surface area contributed by atoms with E-state index < -0.39 is 0 Å². The molecule has 5 nitrogen and oxygen atoms in total. The molecule has 0 radical (unpaired) electrons. The Kier molecular flexibility index (Phi) is 5.28. The summed E-state index contributed by atoms with van der Waals surface area (Å²) in [7, 11) is 3.82. The predicted molar refractivity (Wildman–Crippen MR) is 128 cm³/mol. The summed E-state index contributed by atoms with van der Waals surface area (Å²) in [5, 5.41) is 9.95. The first-order valence-corrected chi connectivity index (χ1v) is 11.1. The monoisotopic (exact) mass is 414 g/mol. The highest BCUT2D eigenvalue weighted by Gasteiger charge is 2.25. The molecule has 1 aliphatic rings. The number of anilines is 1. The lowest BCUT2D eigenvalue weighted by molar-refractivity contribution is 0.415. The molecular weight excluding hydrogens is 384 g/mol. The van der Waals surface area contributed by atoms with E-state index in [1.54, 1.807) is 7.11 Å². The van der Waals surface area contributed by atoms with Gasteiger partial charge in [0.25, 0.3) is 0 Å². The number of nitrogens with one attached hydrogen (secondary N) is 2. The molecule has 2 heterocycles. The van der Waals surface area contributed by atoms with Crippen LogP contribution in [0.2, 0.25) is 0 Å². The number of rotatable bonds is 6. The van der Waals surface area contributed by atoms with Crippen LogP contribution >= 0.6 is 0 Å². The molecule has 0 unspecified atom stereocenters. The van der Waals surface area contributed by atoms with Crippen molar-refractivity contribution in [2.75, 3.05) is 12.4 Å². The highest BCUT2D eigenvalue weighted by Crippen LogP contribution is 2.28. The van der Waals surface area contributed by atoms with E-state index in [9.17, 15) is 0 Å². The molecule has 1 fully saturated rings. The number of nitrogens with zero attached hydrogens (tertiary/aromatic N) is 2. The van der Waals surface area contributed by atoms with Crippen molar-refractivity contribution >= 4 is 27.6 Å². The number of methoxy groups -OCH3 is 1. The number of aryl methyl sites for hydroxylation is 2. The van der Waals surface area contributed by atoms with Gasteiger partial charge in [0, 0.05) is 48.2 Å². The van der Waals surface area contributed by atoms with Crippen LogP contribution in [-0.2, 0) is 13.6 Å². The van der Waals surface area contributed by atoms with Gasteiger partial charge in [-0.25, -0.2) is 4.98 Å². The van der Waals surface area contributed by atoms with Crippen molar-refractivity contribution < 1.29 is 4.74 Å². The van der Waals surface area contributed by atoms with Crippen molar-refractivity contribution in [3.63, 3.8) is 0 Å². The van der Waals surface area contributed by atoms with Gasteiger partial charge in [0.1, 0.15) is 11.6 Å². The lowest BCUT2D eigenvalue weighted by Gasteiger charge is -2.16. The number of benzene rings is 2. The Labute approximate surface area is 183 Å². The molecule has 0 aliphatic heterocycles. The maximum absolute atomic E-state index is 5.36. The summed E-state index contributed by atoms with van der Waals surface area (Å²) in [4.78, 5) is 4.84. The van der Waals surface area contributed by atoms with E-state index in [0.29, 0.717) is 12.1 Å². The standard InChI is InChI=1S/C26H30N4O/c1-17-12-26(29-24-11-10-21(31-3)14-23(17)24)28-20-9-8-19(13-20)27-15-18-16-30(2)25-7-5-4-6-22(18)25/h4-7,10-12,14,16,19-20,27H,8-9,13,15H2,1-3H3,(H,28,29)/t19-,20-/m0/s1. The number of para-hydroxylation sites is 1. The van der Waals surface area contributed by atoms with Gasteiger partial charge in [0.05, 0.1) is 12.6 Å². The average molecular weight is 415 g/mol. The fourth-order valence-electron chi connectivity index (χ4n) is 4.90. The van der Waals surface area contributed by atoms with E-state index in [0.717, 1.165) is 41.9 Å². The minimum Gasteiger partial charge on any atom is -0.497 e. The lowest BCUT2D eigenvalue weighted by atomic mass is 10.1. The van der Waals surface area contributed by atoms with Crippen LogP contribution in [0.25, 0.3) is 21.8 Å². The number of fused-ring (bicyclic) bond motifs is 2. The molecule has 2 aromatic carbocycles. The van der Waals surface area contributed by atoms with E-state index in [4.69, 9.17) is 9.72 Å². The molecule has 0 amide bonds. The minimum absolute atomic E-state index is 0.451. The molecule has 2 aromatic heterocycles. The number of hydrogen-bond acceptors (Lipinski definition) is 4. The quantitative estimate of drug-likeness (QED) is 0.457. The summed E-state index contributed by atoms with van der Waals surface area (Å²) in [5.41, 5.74) is 4.89. The molecule has 5 heteroatoms. The SMILES string of the molecule is COc1ccc2nc(N[C@H]3CC[C@H](NCc4cn(C)c5ccccc45)C3)cc(C)c2c1. The molecule has 0 bridgehead atoms. The maximum Gasteiger partial charge on any atom is 0.127 e. The number of aromatic nitrogens is 2. The van der Waals surface area contributed by atoms with Crippen LogP contribution in [0.5, 0.6) is 5.75 Å². The molecular formula is C26H30N4O. The minimum atomic E-state index is 0.451. The second kappa shape index (κ2) is 8.23. The zero-order valence-electron chi connectivity index (χ0n) is 18.5. The van der Waals surface area contributed by atoms with Crippen molar-refractivity contribution in [1.29, 1.82) is 0 Å². The van der Waals surface area contributed by atoms with E-state index >= 15 is 0 Å². The largest absolute Gasteiger partial charge is 0.497 e. The second-order valence-electron chi connectivity index (χ2n) is 8.72. The van der Waals surface area contributed by atoms with Gasteiger partial charge in [-0.2, -0.15) is 0 Å². The van der Waals surface area contributed by atoms with Crippen molar-refractivity contribution in [2.24, 2.45) is 7.05 Å². The first-order valence-electron chi connectivity index (χ1n) is 11.1. The Morgan fingerprint density at radius 1 is 1.06 bits per heavy atom. The summed E-state index contributed by atoms with van der Waals surface area (Å²) in [5.74, 6) is 1.84. The van der Waals surface area contributed by atoms with E-state index in [-0.39, 0.29) is 0 Å². The Morgan fingerprint density at radius 2 is 1.90 bits per heavy atom. The predicted octanol–water partition coefficient (Wildman–Crippen LogP) is 5.17. The molecule has 2 N–H and O–H groups in total. The maximum atomic E-state index is 5.36. The van der Waals surface area contributed by atoms with Crippen LogP contribution in [0.3, 0.4) is 0 Å². The third kappa shape index (κ3) is 3.98. The number of pyridine rings is 1. The van der Waals surface area contributed by atoms with Crippen molar-refractivity contribution in [3.8, 4) is 5.75 Å². The summed E-state index contributed by atoms with van der Waals surface area (Å²) in [6, 6.07) is 17.8. The van der Waals surface area contributed by atoms with Gasteiger partial charge in [-0.1, -0.05) is 18.2 Å². The molecule has 31 heavy (non-hydrogen) atoms. The first kappa shape index (κ1) is 19.9. The summed E-state index contributed by atoms with van der Waals surface area (Å²) >= 11 is 0. The normalized spacial score (nSPS) is 18.7. The van der Waals surface area contributed by atoms with Gasteiger partial charge in [0.2, 0.25) is 0 Å². The zero-order valence-corrected chi connectivity index (χ0v) is 18.5. The van der Waals surface area contributed by atoms with Gasteiger partial charge < -0.3 is 19.9 Å². The van der Waals surface area contributed by atoms with Gasteiger partial charge in [-0.3, -0.25) is 0 Å². The van der Waals surface area contributed by atoms with E-state index in [1.165, 1.54) is 28.5 Å². The highest BCUT2D eigenvalue weighted by atomic mass is 16.5. The van der Waals surface area contributed by atoms with Crippen molar-refractivity contribution in [2.45, 2.75) is 44.8 Å². The molecule has 0 saturated heterocycles.